The van der Waals surface area contributed by atoms with E-state index in [-0.39, 0.29) is 29.2 Å². The number of hydrogen-bond donors (Lipinski definition) is 1. The van der Waals surface area contributed by atoms with Crippen molar-refractivity contribution in [3.8, 4) is 17.4 Å². The highest BCUT2D eigenvalue weighted by atomic mass is 35.5. The van der Waals surface area contributed by atoms with Gasteiger partial charge in [-0.25, -0.2) is 18.4 Å². The minimum absolute atomic E-state index is 0.124. The molecular weight excluding hydrogens is 536 g/mol. The number of hydrogen-bond acceptors (Lipinski definition) is 11. The molecule has 38 heavy (non-hydrogen) atoms. The first-order chi connectivity index (χ1) is 18.3. The van der Waals surface area contributed by atoms with Gasteiger partial charge in [0.15, 0.2) is 11.5 Å². The smallest absolute Gasteiger partial charge is 0.245 e. The van der Waals surface area contributed by atoms with Crippen molar-refractivity contribution in [2.75, 3.05) is 26.1 Å². The second-order valence-electron chi connectivity index (χ2n) is 7.95. The molecule has 200 valence electrons. The molecule has 0 fully saturated rings. The normalized spacial score (nSPS) is 13.1. The maximum absolute atomic E-state index is 13.6. The molecule has 0 aliphatic heterocycles. The molecular formula is C23H25ClN8O5S. The van der Waals surface area contributed by atoms with Crippen LogP contribution in [0.2, 0.25) is 5.02 Å². The summed E-state index contributed by atoms with van der Waals surface area (Å²) >= 11 is 5.88. The predicted molar refractivity (Wildman–Crippen MR) is 138 cm³/mol. The number of nitrogens with zero attached hydrogens (tertiary/aromatic N) is 7. The Labute approximate surface area is 224 Å². The van der Waals surface area contributed by atoms with Gasteiger partial charge in [-0.1, -0.05) is 41.9 Å². The highest BCUT2D eigenvalue weighted by molar-refractivity contribution is 7.93. The first-order valence-corrected chi connectivity index (χ1v) is 13.1. The Kier molecular flexibility index (Phi) is 8.34. The Morgan fingerprint density at radius 2 is 1.61 bits per heavy atom. The van der Waals surface area contributed by atoms with Gasteiger partial charge in [0.05, 0.1) is 19.2 Å². The van der Waals surface area contributed by atoms with Gasteiger partial charge in [0.25, 0.3) is 0 Å². The van der Waals surface area contributed by atoms with E-state index in [0.717, 1.165) is 5.56 Å². The number of halogens is 1. The molecule has 0 amide bonds. The number of aromatic nitrogens is 7. The van der Waals surface area contributed by atoms with Gasteiger partial charge in [-0.15, -0.1) is 10.2 Å². The minimum atomic E-state index is -4.15. The van der Waals surface area contributed by atoms with Crippen LogP contribution in [-0.2, 0) is 21.2 Å². The summed E-state index contributed by atoms with van der Waals surface area (Å²) < 4.78 is 47.4. The van der Waals surface area contributed by atoms with Crippen LogP contribution in [0.3, 0.4) is 0 Å². The average Bonchev–Trinajstić information content (AvgIpc) is 3.30. The molecule has 0 unspecified atom stereocenters. The zero-order valence-electron chi connectivity index (χ0n) is 20.9. The summed E-state index contributed by atoms with van der Waals surface area (Å²) in [4.78, 5) is 16.5. The summed E-state index contributed by atoms with van der Waals surface area (Å²) in [5, 5.41) is 7.57. The molecule has 3 heterocycles. The van der Waals surface area contributed by atoms with E-state index in [1.807, 2.05) is 30.3 Å². The van der Waals surface area contributed by atoms with E-state index in [2.05, 4.69) is 34.9 Å². The van der Waals surface area contributed by atoms with Gasteiger partial charge in [-0.3, -0.25) is 9.29 Å². The molecule has 0 spiro atoms. The van der Waals surface area contributed by atoms with Crippen LogP contribution in [0.5, 0.6) is 11.8 Å². The highest BCUT2D eigenvalue weighted by Crippen LogP contribution is 2.33. The third-order valence-corrected chi connectivity index (χ3v) is 7.49. The number of anilines is 1. The molecule has 0 aliphatic rings. The van der Waals surface area contributed by atoms with Gasteiger partial charge >= 0.3 is 0 Å². The maximum atomic E-state index is 13.6. The molecule has 13 nitrogen and oxygen atoms in total. The van der Waals surface area contributed by atoms with Gasteiger partial charge in [-0.05, 0) is 12.5 Å². The first kappa shape index (κ1) is 27.2. The van der Waals surface area contributed by atoms with Gasteiger partial charge in [0, 0.05) is 25.9 Å². The van der Waals surface area contributed by atoms with Crippen molar-refractivity contribution in [2.24, 2.45) is 0 Å². The Balaban J connectivity index is 1.79. The monoisotopic (exact) mass is 560 g/mol. The quantitative estimate of drug-likeness (QED) is 0.287. The number of rotatable bonds is 11. The van der Waals surface area contributed by atoms with Crippen molar-refractivity contribution in [1.82, 2.24) is 34.7 Å². The van der Waals surface area contributed by atoms with Crippen molar-refractivity contribution in [2.45, 2.75) is 24.7 Å². The van der Waals surface area contributed by atoms with Crippen LogP contribution >= 0.6 is 11.6 Å². The molecule has 4 rings (SSSR count). The van der Waals surface area contributed by atoms with E-state index in [9.17, 15) is 8.42 Å². The summed E-state index contributed by atoms with van der Waals surface area (Å²) in [6.45, 7) is 1.47. The Bertz CT molecular complexity index is 1460. The van der Waals surface area contributed by atoms with Crippen LogP contribution in [0.4, 0.5) is 5.95 Å². The maximum Gasteiger partial charge on any atom is 0.245 e. The number of ether oxygens (including phenoxy) is 3. The minimum Gasteiger partial charge on any atom is -0.479 e. The second-order valence-corrected chi connectivity index (χ2v) is 10.4. The summed E-state index contributed by atoms with van der Waals surface area (Å²) in [6, 6.07) is 9.49. The van der Waals surface area contributed by atoms with Crippen molar-refractivity contribution in [3.05, 3.63) is 71.3 Å². The van der Waals surface area contributed by atoms with Crippen molar-refractivity contribution in [1.29, 1.82) is 0 Å². The fraction of sp³-hybridized carbons (Fsp3) is 0.304. The van der Waals surface area contributed by atoms with Crippen LogP contribution in [-0.4, -0.2) is 69.7 Å². The van der Waals surface area contributed by atoms with E-state index < -0.39 is 21.4 Å². The average molecular weight is 561 g/mol. The molecule has 3 aromatic heterocycles. The predicted octanol–water partition coefficient (Wildman–Crippen LogP) is 2.63. The standard InChI is InChI=1S/C23H25ClN8O5S/c1-14(19(35-2)20-25-11-16(24)12-26-20)38(33,34)31-23-30-29-17(10-15-8-6-5-7-9-15)32(23)18-21(36-3)27-13-28-22(18)37-4/h5-9,11-14,19H,10H2,1-4H3,(H,30,31)/t14-,19-/m0/s1. The number of methoxy groups -OCH3 is 3. The van der Waals surface area contributed by atoms with Gasteiger partial charge < -0.3 is 14.2 Å². The summed E-state index contributed by atoms with van der Waals surface area (Å²) in [6.07, 6.45) is 3.30. The first-order valence-electron chi connectivity index (χ1n) is 11.2. The molecule has 0 aliphatic carbocycles. The largest absolute Gasteiger partial charge is 0.479 e. The number of nitrogens with one attached hydrogen (secondary N) is 1. The molecule has 0 bridgehead atoms. The molecule has 0 saturated heterocycles. The van der Waals surface area contributed by atoms with Crippen LogP contribution < -0.4 is 14.2 Å². The Morgan fingerprint density at radius 3 is 2.18 bits per heavy atom. The SMILES string of the molecule is COc1ncnc(OC)c1-n1c(Cc2ccccc2)nnc1NS(=O)(=O)[C@@H](C)[C@H](OC)c1ncc(Cl)cn1. The zero-order valence-corrected chi connectivity index (χ0v) is 22.5. The number of benzene rings is 1. The topological polar surface area (TPSA) is 156 Å². The molecule has 0 radical (unpaired) electrons. The van der Waals surface area contributed by atoms with Gasteiger partial charge in [0.2, 0.25) is 27.7 Å². The van der Waals surface area contributed by atoms with E-state index in [1.165, 1.54) is 51.5 Å². The lowest BCUT2D eigenvalue weighted by Crippen LogP contribution is -2.33. The molecule has 1 N–H and O–H groups in total. The zero-order chi connectivity index (χ0) is 27.3. The molecule has 1 aromatic carbocycles. The third kappa shape index (κ3) is 5.66. The van der Waals surface area contributed by atoms with E-state index in [4.69, 9.17) is 25.8 Å². The van der Waals surface area contributed by atoms with Crippen LogP contribution in [0, 0.1) is 0 Å². The molecule has 0 saturated carbocycles. The van der Waals surface area contributed by atoms with Crippen LogP contribution in [0.1, 0.15) is 30.2 Å². The Morgan fingerprint density at radius 1 is 0.974 bits per heavy atom. The van der Waals surface area contributed by atoms with E-state index >= 15 is 0 Å². The van der Waals surface area contributed by atoms with Gasteiger partial charge in [-0.2, -0.15) is 9.97 Å². The summed E-state index contributed by atoms with van der Waals surface area (Å²) in [5.74, 6) is 0.673. The molecule has 15 heteroatoms. The molecule has 2 atom stereocenters. The third-order valence-electron chi connectivity index (χ3n) is 5.60. The van der Waals surface area contributed by atoms with Crippen LogP contribution in [0.15, 0.2) is 49.1 Å². The van der Waals surface area contributed by atoms with Crippen molar-refractivity contribution in [3.63, 3.8) is 0 Å². The second kappa shape index (κ2) is 11.7. The summed E-state index contributed by atoms with van der Waals surface area (Å²) in [7, 11) is 0.0700. The lowest BCUT2D eigenvalue weighted by atomic mass is 10.1. The highest BCUT2D eigenvalue weighted by Gasteiger charge is 2.35. The molecule has 4 aromatic rings. The lowest BCUT2D eigenvalue weighted by Gasteiger charge is -2.22. The van der Waals surface area contributed by atoms with E-state index in [0.29, 0.717) is 17.3 Å². The van der Waals surface area contributed by atoms with Crippen LogP contribution in [0.25, 0.3) is 5.69 Å². The van der Waals surface area contributed by atoms with Crippen molar-refractivity contribution < 1.29 is 22.6 Å². The fourth-order valence-corrected chi connectivity index (χ4v) is 4.94. The fourth-order valence-electron chi connectivity index (χ4n) is 3.71. The van der Waals surface area contributed by atoms with Gasteiger partial charge in [0.1, 0.15) is 23.5 Å². The Hall–Kier alpha value is -3.88. The lowest BCUT2D eigenvalue weighted by molar-refractivity contribution is 0.0950. The van der Waals surface area contributed by atoms with Crippen molar-refractivity contribution >= 4 is 27.6 Å². The number of sulfonamides is 1. The van der Waals surface area contributed by atoms with E-state index in [1.54, 1.807) is 0 Å². The summed E-state index contributed by atoms with van der Waals surface area (Å²) in [5.41, 5.74) is 1.14.